The van der Waals surface area contributed by atoms with Gasteiger partial charge in [-0.2, -0.15) is 0 Å². The number of rotatable bonds is 5. The molecular weight excluding hydrogens is 340 g/mol. The van der Waals surface area contributed by atoms with Crippen molar-refractivity contribution in [2.24, 2.45) is 0 Å². The van der Waals surface area contributed by atoms with Crippen LogP contribution in [0.4, 0.5) is 5.82 Å². The Morgan fingerprint density at radius 2 is 1.96 bits per heavy atom. The summed E-state index contributed by atoms with van der Waals surface area (Å²) in [5.41, 5.74) is 2.50. The number of hydrogen-bond donors (Lipinski definition) is 2. The van der Waals surface area contributed by atoms with Crippen LogP contribution in [0.2, 0.25) is 0 Å². The van der Waals surface area contributed by atoms with Gasteiger partial charge in [-0.05, 0) is 18.9 Å². The maximum atomic E-state index is 12.1. The molecule has 1 atom stereocenters. The van der Waals surface area contributed by atoms with Gasteiger partial charge < -0.3 is 10.6 Å². The van der Waals surface area contributed by atoms with Gasteiger partial charge in [-0.3, -0.25) is 4.79 Å². The third kappa shape index (κ3) is 4.76. The van der Waals surface area contributed by atoms with Crippen molar-refractivity contribution in [3.8, 4) is 0 Å². The van der Waals surface area contributed by atoms with Crippen LogP contribution in [0.1, 0.15) is 28.0 Å². The Hall–Kier alpha value is -2.48. The second-order valence-electron chi connectivity index (χ2n) is 6.20. The lowest BCUT2D eigenvalue weighted by Crippen LogP contribution is -2.36. The van der Waals surface area contributed by atoms with Gasteiger partial charge in [-0.1, -0.05) is 29.8 Å². The van der Waals surface area contributed by atoms with Crippen LogP contribution in [0, 0.1) is 6.92 Å². The van der Waals surface area contributed by atoms with Gasteiger partial charge >= 0.3 is 0 Å². The van der Waals surface area contributed by atoms with Crippen LogP contribution < -0.4 is 10.6 Å². The zero-order chi connectivity index (χ0) is 17.9. The standard InChI is InChI=1S/C17H20N4O3S/c1-12-2-4-13(5-3-12)8-19-16-10-18-15(9-20-16)17(22)21-14-6-7-25(23,24)11-14/h2-5,9-10,14H,6-8,11H2,1H3,(H,19,20)(H,21,22). The van der Waals surface area contributed by atoms with E-state index in [1.54, 1.807) is 0 Å². The van der Waals surface area contributed by atoms with Gasteiger partial charge in [0.2, 0.25) is 0 Å². The number of carbonyl (C=O) groups is 1. The Kier molecular flexibility index (Phi) is 4.98. The molecule has 1 aromatic heterocycles. The summed E-state index contributed by atoms with van der Waals surface area (Å²) >= 11 is 0. The van der Waals surface area contributed by atoms with Crippen molar-refractivity contribution in [2.45, 2.75) is 25.9 Å². The third-order valence-corrected chi connectivity index (χ3v) is 5.81. The predicted molar refractivity (Wildman–Crippen MR) is 95.1 cm³/mol. The molecule has 0 spiro atoms. The van der Waals surface area contributed by atoms with E-state index in [1.807, 2.05) is 31.2 Å². The summed E-state index contributed by atoms with van der Waals surface area (Å²) in [6.07, 6.45) is 3.32. The van der Waals surface area contributed by atoms with E-state index in [2.05, 4.69) is 20.6 Å². The SMILES string of the molecule is Cc1ccc(CNc2cnc(C(=O)NC3CCS(=O)(=O)C3)cn2)cc1. The molecular formula is C17H20N4O3S. The van der Waals surface area contributed by atoms with Gasteiger partial charge in [0.25, 0.3) is 5.91 Å². The minimum atomic E-state index is -3.03. The van der Waals surface area contributed by atoms with E-state index in [0.29, 0.717) is 18.8 Å². The summed E-state index contributed by atoms with van der Waals surface area (Å²) < 4.78 is 22.8. The first-order valence-electron chi connectivity index (χ1n) is 8.04. The third-order valence-electron chi connectivity index (χ3n) is 4.05. The number of benzene rings is 1. The maximum absolute atomic E-state index is 12.1. The molecule has 1 saturated heterocycles. The summed E-state index contributed by atoms with van der Waals surface area (Å²) in [6, 6.07) is 7.80. The first kappa shape index (κ1) is 17.3. The molecule has 0 bridgehead atoms. The predicted octanol–water partition coefficient (Wildman–Crippen LogP) is 1.31. The van der Waals surface area contributed by atoms with Gasteiger partial charge in [-0.25, -0.2) is 18.4 Å². The van der Waals surface area contributed by atoms with Crippen LogP contribution >= 0.6 is 0 Å². The molecule has 2 heterocycles. The highest BCUT2D eigenvalue weighted by Gasteiger charge is 2.29. The fraction of sp³-hybridized carbons (Fsp3) is 0.353. The molecule has 8 heteroatoms. The van der Waals surface area contributed by atoms with Crippen LogP contribution in [-0.4, -0.2) is 41.8 Å². The number of hydrogen-bond acceptors (Lipinski definition) is 6. The second-order valence-corrected chi connectivity index (χ2v) is 8.43. The van der Waals surface area contributed by atoms with Gasteiger partial charge in [0.1, 0.15) is 11.5 Å². The Labute approximate surface area is 146 Å². The number of amides is 1. The van der Waals surface area contributed by atoms with E-state index in [9.17, 15) is 13.2 Å². The summed E-state index contributed by atoms with van der Waals surface area (Å²) in [5, 5.41) is 5.84. The summed E-state index contributed by atoms with van der Waals surface area (Å²) in [5.74, 6) is 0.272. The quantitative estimate of drug-likeness (QED) is 0.834. The minimum Gasteiger partial charge on any atom is -0.365 e. The van der Waals surface area contributed by atoms with Crippen molar-refractivity contribution in [3.05, 3.63) is 53.5 Å². The molecule has 2 aromatic rings. The first-order valence-corrected chi connectivity index (χ1v) is 9.86. The molecule has 25 heavy (non-hydrogen) atoms. The van der Waals surface area contributed by atoms with Crippen molar-refractivity contribution in [1.29, 1.82) is 0 Å². The molecule has 132 valence electrons. The molecule has 7 nitrogen and oxygen atoms in total. The topological polar surface area (TPSA) is 101 Å². The van der Waals surface area contributed by atoms with E-state index in [1.165, 1.54) is 18.0 Å². The van der Waals surface area contributed by atoms with Crippen LogP contribution in [0.25, 0.3) is 0 Å². The highest BCUT2D eigenvalue weighted by Crippen LogP contribution is 2.12. The molecule has 3 rings (SSSR count). The van der Waals surface area contributed by atoms with Crippen LogP contribution in [-0.2, 0) is 16.4 Å². The molecule has 0 saturated carbocycles. The van der Waals surface area contributed by atoms with E-state index in [4.69, 9.17) is 0 Å². The fourth-order valence-electron chi connectivity index (χ4n) is 2.60. The van der Waals surface area contributed by atoms with E-state index >= 15 is 0 Å². The molecule has 2 N–H and O–H groups in total. The van der Waals surface area contributed by atoms with Crippen molar-refractivity contribution >= 4 is 21.6 Å². The number of nitrogens with one attached hydrogen (secondary N) is 2. The average molecular weight is 360 g/mol. The number of nitrogens with zero attached hydrogens (tertiary/aromatic N) is 2. The van der Waals surface area contributed by atoms with Crippen molar-refractivity contribution in [3.63, 3.8) is 0 Å². The normalized spacial score (nSPS) is 18.7. The Bertz CT molecular complexity index is 848. The average Bonchev–Trinajstić information content (AvgIpc) is 2.93. The molecule has 1 fully saturated rings. The summed E-state index contributed by atoms with van der Waals surface area (Å²) in [7, 11) is -3.03. The van der Waals surface area contributed by atoms with E-state index in [0.717, 1.165) is 5.56 Å². The molecule has 1 unspecified atom stereocenters. The van der Waals surface area contributed by atoms with Crippen molar-refractivity contribution < 1.29 is 13.2 Å². The largest absolute Gasteiger partial charge is 0.365 e. The van der Waals surface area contributed by atoms with E-state index in [-0.39, 0.29) is 23.2 Å². The van der Waals surface area contributed by atoms with Gasteiger partial charge in [0.15, 0.2) is 9.84 Å². The number of carbonyl (C=O) groups excluding carboxylic acids is 1. The zero-order valence-corrected chi connectivity index (χ0v) is 14.7. The number of sulfone groups is 1. The lowest BCUT2D eigenvalue weighted by atomic mass is 10.1. The molecule has 1 aliphatic heterocycles. The number of aromatic nitrogens is 2. The Balaban J connectivity index is 1.54. The molecule has 1 aliphatic rings. The fourth-order valence-corrected chi connectivity index (χ4v) is 4.28. The molecule has 1 amide bonds. The number of aryl methyl sites for hydroxylation is 1. The molecule has 1 aromatic carbocycles. The van der Waals surface area contributed by atoms with Gasteiger partial charge in [0.05, 0.1) is 23.9 Å². The summed E-state index contributed by atoms with van der Waals surface area (Å²) in [6.45, 7) is 2.65. The lowest BCUT2D eigenvalue weighted by Gasteiger charge is -2.10. The summed E-state index contributed by atoms with van der Waals surface area (Å²) in [4.78, 5) is 20.4. The zero-order valence-electron chi connectivity index (χ0n) is 13.9. The van der Waals surface area contributed by atoms with Crippen molar-refractivity contribution in [1.82, 2.24) is 15.3 Å². The van der Waals surface area contributed by atoms with Crippen LogP contribution in [0.5, 0.6) is 0 Å². The second kappa shape index (κ2) is 7.18. The van der Waals surface area contributed by atoms with Gasteiger partial charge in [-0.15, -0.1) is 0 Å². The smallest absolute Gasteiger partial charge is 0.271 e. The maximum Gasteiger partial charge on any atom is 0.271 e. The molecule has 0 radical (unpaired) electrons. The monoisotopic (exact) mass is 360 g/mol. The first-order chi connectivity index (χ1) is 11.9. The van der Waals surface area contributed by atoms with Crippen LogP contribution in [0.3, 0.4) is 0 Å². The van der Waals surface area contributed by atoms with Crippen molar-refractivity contribution in [2.75, 3.05) is 16.8 Å². The highest BCUT2D eigenvalue weighted by molar-refractivity contribution is 7.91. The Morgan fingerprint density at radius 1 is 1.20 bits per heavy atom. The van der Waals surface area contributed by atoms with Crippen LogP contribution in [0.15, 0.2) is 36.7 Å². The molecule has 0 aliphatic carbocycles. The number of anilines is 1. The minimum absolute atomic E-state index is 0.0115. The lowest BCUT2D eigenvalue weighted by molar-refractivity contribution is 0.0935. The van der Waals surface area contributed by atoms with E-state index < -0.39 is 15.7 Å². The Morgan fingerprint density at radius 3 is 2.56 bits per heavy atom. The highest BCUT2D eigenvalue weighted by atomic mass is 32.2. The van der Waals surface area contributed by atoms with Gasteiger partial charge in [0, 0.05) is 12.6 Å².